The number of likely N-dealkylation sites (tertiary alicyclic amines) is 1. The van der Waals surface area contributed by atoms with Crippen LogP contribution in [0.4, 0.5) is 0 Å². The zero-order valence-electron chi connectivity index (χ0n) is 9.53. The van der Waals surface area contributed by atoms with Crippen LogP contribution in [0.5, 0.6) is 0 Å². The van der Waals surface area contributed by atoms with Crippen molar-refractivity contribution < 1.29 is 9.90 Å². The molecule has 0 spiro atoms. The van der Waals surface area contributed by atoms with Gasteiger partial charge in [0.05, 0.1) is 0 Å². The van der Waals surface area contributed by atoms with E-state index in [9.17, 15) is 4.79 Å². The molecule has 4 nitrogen and oxygen atoms in total. The number of rotatable bonds is 2. The Kier molecular flexibility index (Phi) is 3.23. The highest BCUT2D eigenvalue weighted by Gasteiger charge is 2.38. The van der Waals surface area contributed by atoms with Gasteiger partial charge in [-0.25, -0.2) is 4.79 Å². The van der Waals surface area contributed by atoms with Crippen LogP contribution in [0.2, 0.25) is 0 Å². The highest BCUT2D eigenvalue weighted by molar-refractivity contribution is 5.74. The van der Waals surface area contributed by atoms with Crippen LogP contribution in [-0.4, -0.2) is 28.1 Å². The van der Waals surface area contributed by atoms with Crippen LogP contribution in [0.15, 0.2) is 0 Å². The first kappa shape index (κ1) is 11.8. The van der Waals surface area contributed by atoms with Gasteiger partial charge in [-0.2, -0.15) is 5.26 Å². The molecule has 4 heteroatoms. The lowest BCUT2D eigenvalue weighted by Gasteiger charge is -2.28. The highest BCUT2D eigenvalue weighted by atomic mass is 16.4. The molecular weight excluding hydrogens is 192 g/mol. The lowest BCUT2D eigenvalue weighted by atomic mass is 9.87. The summed E-state index contributed by atoms with van der Waals surface area (Å²) in [5.74, 6) is -0.882. The average Bonchev–Trinajstić information content (AvgIpc) is 2.44. The molecule has 0 aromatic heterocycles. The van der Waals surface area contributed by atoms with Gasteiger partial charge in [0.15, 0.2) is 6.19 Å². The topological polar surface area (TPSA) is 64.3 Å². The standard InChI is InChI=1S/C11H18N2O2/c1-11(2,3)6-8-4-5-9(10(14)15)13(8)7-12/h8-9H,4-6H2,1-3H3,(H,14,15). The Hall–Kier alpha value is -1.24. The van der Waals surface area contributed by atoms with Gasteiger partial charge >= 0.3 is 5.97 Å². The van der Waals surface area contributed by atoms with Crippen molar-refractivity contribution >= 4 is 5.97 Å². The van der Waals surface area contributed by atoms with E-state index in [0.717, 1.165) is 12.8 Å². The van der Waals surface area contributed by atoms with Crippen LogP contribution < -0.4 is 0 Å². The van der Waals surface area contributed by atoms with Crippen LogP contribution >= 0.6 is 0 Å². The number of carboxylic acids is 1. The van der Waals surface area contributed by atoms with Crippen LogP contribution in [0.1, 0.15) is 40.0 Å². The lowest BCUT2D eigenvalue weighted by molar-refractivity contribution is -0.141. The van der Waals surface area contributed by atoms with Crippen LogP contribution in [0.3, 0.4) is 0 Å². The monoisotopic (exact) mass is 210 g/mol. The Morgan fingerprint density at radius 3 is 2.53 bits per heavy atom. The Balaban J connectivity index is 2.70. The summed E-state index contributed by atoms with van der Waals surface area (Å²) in [6.07, 6.45) is 4.28. The van der Waals surface area contributed by atoms with Gasteiger partial charge in [-0.05, 0) is 24.7 Å². The van der Waals surface area contributed by atoms with Gasteiger partial charge in [-0.1, -0.05) is 20.8 Å². The average molecular weight is 210 g/mol. The maximum Gasteiger partial charge on any atom is 0.327 e. The third kappa shape index (κ3) is 2.85. The van der Waals surface area contributed by atoms with Gasteiger partial charge in [0.2, 0.25) is 0 Å². The molecule has 0 aromatic carbocycles. The van der Waals surface area contributed by atoms with Crippen molar-refractivity contribution in [3.05, 3.63) is 0 Å². The van der Waals surface area contributed by atoms with Gasteiger partial charge in [0.25, 0.3) is 0 Å². The van der Waals surface area contributed by atoms with Gasteiger partial charge < -0.3 is 5.11 Å². The Morgan fingerprint density at radius 2 is 2.13 bits per heavy atom. The van der Waals surface area contributed by atoms with Crippen molar-refractivity contribution in [3.63, 3.8) is 0 Å². The van der Waals surface area contributed by atoms with Crippen molar-refractivity contribution in [2.24, 2.45) is 5.41 Å². The first-order valence-electron chi connectivity index (χ1n) is 5.26. The Bertz CT molecular complexity index is 288. The molecule has 1 aliphatic rings. The zero-order chi connectivity index (χ0) is 11.6. The van der Waals surface area contributed by atoms with E-state index in [2.05, 4.69) is 20.8 Å². The predicted octanol–water partition coefficient (Wildman–Crippen LogP) is 1.82. The van der Waals surface area contributed by atoms with E-state index < -0.39 is 12.0 Å². The maximum absolute atomic E-state index is 10.9. The van der Waals surface area contributed by atoms with E-state index in [-0.39, 0.29) is 11.5 Å². The van der Waals surface area contributed by atoms with E-state index >= 15 is 0 Å². The quantitative estimate of drug-likeness (QED) is 0.706. The highest BCUT2D eigenvalue weighted by Crippen LogP contribution is 2.32. The van der Waals surface area contributed by atoms with Crippen molar-refractivity contribution in [3.8, 4) is 6.19 Å². The first-order valence-corrected chi connectivity index (χ1v) is 5.26. The fraction of sp³-hybridized carbons (Fsp3) is 0.818. The second kappa shape index (κ2) is 4.09. The number of aliphatic carboxylic acids is 1. The van der Waals surface area contributed by atoms with Gasteiger partial charge in [0, 0.05) is 6.04 Å². The van der Waals surface area contributed by atoms with E-state index in [1.165, 1.54) is 4.90 Å². The second-order valence-electron chi connectivity index (χ2n) is 5.36. The van der Waals surface area contributed by atoms with Crippen LogP contribution in [0, 0.1) is 16.9 Å². The fourth-order valence-corrected chi connectivity index (χ4v) is 2.18. The first-order chi connectivity index (χ1) is 6.85. The fourth-order valence-electron chi connectivity index (χ4n) is 2.18. The SMILES string of the molecule is CC(C)(C)CC1CCC(C(=O)O)N1C#N. The van der Waals surface area contributed by atoms with Crippen LogP contribution in [0.25, 0.3) is 0 Å². The number of hydrogen-bond acceptors (Lipinski definition) is 3. The van der Waals surface area contributed by atoms with Crippen molar-refractivity contribution in [1.82, 2.24) is 4.90 Å². The summed E-state index contributed by atoms with van der Waals surface area (Å²) in [5.41, 5.74) is 0.132. The van der Waals surface area contributed by atoms with E-state index in [0.29, 0.717) is 6.42 Å². The molecule has 0 aliphatic carbocycles. The molecule has 1 rings (SSSR count). The summed E-state index contributed by atoms with van der Waals surface area (Å²) in [4.78, 5) is 12.3. The normalized spacial score (nSPS) is 26.4. The maximum atomic E-state index is 10.9. The van der Waals surface area contributed by atoms with Gasteiger partial charge in [-0.15, -0.1) is 0 Å². The molecule has 0 aromatic rings. The third-order valence-electron chi connectivity index (χ3n) is 2.75. The molecule has 2 atom stereocenters. The molecule has 0 amide bonds. The zero-order valence-corrected chi connectivity index (χ0v) is 9.53. The molecule has 0 saturated carbocycles. The number of hydrogen-bond donors (Lipinski definition) is 1. The lowest BCUT2D eigenvalue weighted by Crippen LogP contribution is -2.38. The van der Waals surface area contributed by atoms with E-state index in [4.69, 9.17) is 10.4 Å². The summed E-state index contributed by atoms with van der Waals surface area (Å²) in [7, 11) is 0. The number of nitrogens with zero attached hydrogens (tertiary/aromatic N) is 2. The minimum absolute atomic E-state index is 0.0936. The smallest absolute Gasteiger partial charge is 0.327 e. The molecular formula is C11H18N2O2. The van der Waals surface area contributed by atoms with Crippen molar-refractivity contribution in [2.45, 2.75) is 52.1 Å². The number of nitriles is 1. The molecule has 1 heterocycles. The summed E-state index contributed by atoms with van der Waals surface area (Å²) < 4.78 is 0. The van der Waals surface area contributed by atoms with Crippen molar-refractivity contribution in [1.29, 1.82) is 5.26 Å². The molecule has 1 N–H and O–H groups in total. The number of carbonyl (C=O) groups is 1. The van der Waals surface area contributed by atoms with Crippen molar-refractivity contribution in [2.75, 3.05) is 0 Å². The molecule has 2 unspecified atom stereocenters. The van der Waals surface area contributed by atoms with Gasteiger partial charge in [-0.3, -0.25) is 4.90 Å². The Labute approximate surface area is 90.5 Å². The van der Waals surface area contributed by atoms with E-state index in [1.54, 1.807) is 0 Å². The third-order valence-corrected chi connectivity index (χ3v) is 2.75. The van der Waals surface area contributed by atoms with Gasteiger partial charge in [0.1, 0.15) is 6.04 Å². The molecule has 0 bridgehead atoms. The molecule has 1 fully saturated rings. The molecule has 0 radical (unpaired) electrons. The summed E-state index contributed by atoms with van der Waals surface area (Å²) in [6, 6.07) is -0.515. The Morgan fingerprint density at radius 1 is 1.53 bits per heavy atom. The molecule has 1 aliphatic heterocycles. The predicted molar refractivity (Wildman–Crippen MR) is 56.0 cm³/mol. The largest absolute Gasteiger partial charge is 0.480 e. The molecule has 15 heavy (non-hydrogen) atoms. The summed E-state index contributed by atoms with van der Waals surface area (Å²) in [6.45, 7) is 6.32. The molecule has 1 saturated heterocycles. The molecule has 84 valence electrons. The minimum atomic E-state index is -0.882. The van der Waals surface area contributed by atoms with Crippen LogP contribution in [-0.2, 0) is 4.79 Å². The second-order valence-corrected chi connectivity index (χ2v) is 5.36. The number of carboxylic acid groups (broad SMARTS) is 1. The minimum Gasteiger partial charge on any atom is -0.480 e. The van der Waals surface area contributed by atoms with E-state index in [1.807, 2.05) is 6.19 Å². The summed E-state index contributed by atoms with van der Waals surface area (Å²) in [5, 5.41) is 17.9. The summed E-state index contributed by atoms with van der Waals surface area (Å²) >= 11 is 0.